The number of hydrogen-bond donors (Lipinski definition) is 1. The molecule has 3 fully saturated rings. The lowest BCUT2D eigenvalue weighted by Gasteiger charge is -2.39. The van der Waals surface area contributed by atoms with Crippen LogP contribution in [0.4, 0.5) is 20.5 Å². The third-order valence-electron chi connectivity index (χ3n) is 6.95. The first-order chi connectivity index (χ1) is 12.8. The second-order valence-electron chi connectivity index (χ2n) is 8.54. The Bertz CT molecular complexity index is 790. The fourth-order valence-electron chi connectivity index (χ4n) is 5.14. The summed E-state index contributed by atoms with van der Waals surface area (Å²) >= 11 is 0. The van der Waals surface area contributed by atoms with E-state index in [2.05, 4.69) is 16.8 Å². The summed E-state index contributed by atoms with van der Waals surface area (Å²) in [5.74, 6) is -1.08. The summed E-state index contributed by atoms with van der Waals surface area (Å²) in [6.45, 7) is 4.46. The smallest absolute Gasteiger partial charge is 0.303 e. The van der Waals surface area contributed by atoms with Crippen molar-refractivity contribution in [3.05, 3.63) is 11.3 Å². The number of anilines is 2. The summed E-state index contributed by atoms with van der Waals surface area (Å²) in [6, 6.07) is 0.290. The van der Waals surface area contributed by atoms with Crippen LogP contribution in [-0.4, -0.2) is 46.7 Å². The summed E-state index contributed by atoms with van der Waals surface area (Å²) < 4.78 is 28.8. The van der Waals surface area contributed by atoms with Crippen molar-refractivity contribution >= 4 is 17.7 Å². The van der Waals surface area contributed by atoms with Crippen molar-refractivity contribution in [1.82, 2.24) is 9.97 Å². The van der Waals surface area contributed by atoms with Gasteiger partial charge in [-0.2, -0.15) is 13.8 Å². The Hall–Kier alpha value is -1.99. The number of hydrogen-bond acceptors (Lipinski definition) is 5. The molecule has 3 heterocycles. The maximum atomic E-state index is 14.4. The molecule has 2 aliphatic carbocycles. The third-order valence-corrected chi connectivity index (χ3v) is 6.95. The highest BCUT2D eigenvalue weighted by Crippen LogP contribution is 2.55. The Labute approximate surface area is 156 Å². The van der Waals surface area contributed by atoms with Crippen LogP contribution in [0.15, 0.2) is 0 Å². The predicted octanol–water partition coefficient (Wildman–Crippen LogP) is 2.66. The molecule has 1 saturated carbocycles. The van der Waals surface area contributed by atoms with Gasteiger partial charge in [0.05, 0.1) is 0 Å². The highest BCUT2D eigenvalue weighted by atomic mass is 19.3. The molecule has 0 amide bonds. The van der Waals surface area contributed by atoms with Crippen LogP contribution in [-0.2, 0) is 17.1 Å². The van der Waals surface area contributed by atoms with Crippen LogP contribution in [0.5, 0.6) is 0 Å². The maximum absolute atomic E-state index is 14.4. The van der Waals surface area contributed by atoms with Crippen LogP contribution in [0.2, 0.25) is 0 Å². The second-order valence-corrected chi connectivity index (χ2v) is 8.54. The van der Waals surface area contributed by atoms with E-state index in [-0.39, 0.29) is 18.5 Å². The van der Waals surface area contributed by atoms with Gasteiger partial charge in [-0.25, -0.2) is 4.98 Å². The summed E-state index contributed by atoms with van der Waals surface area (Å²) in [5, 5.41) is 8.87. The Morgan fingerprint density at radius 1 is 1.30 bits per heavy atom. The average molecular weight is 378 g/mol. The SMILES string of the molecule is C[C@H]1CCN1c1nc(N2C[C@@H]3C(CCC(=O)O)[C@@H]3C2)c2c(n1)C(F)(F)CC2. The van der Waals surface area contributed by atoms with Gasteiger partial charge in [0.1, 0.15) is 11.5 Å². The van der Waals surface area contributed by atoms with Crippen LogP contribution in [0.25, 0.3) is 0 Å². The summed E-state index contributed by atoms with van der Waals surface area (Å²) in [5.41, 5.74) is 0.532. The fraction of sp³-hybridized carbons (Fsp3) is 0.737. The van der Waals surface area contributed by atoms with Gasteiger partial charge in [0.15, 0.2) is 0 Å². The minimum Gasteiger partial charge on any atom is -0.481 e. The van der Waals surface area contributed by atoms with E-state index in [1.165, 1.54) is 0 Å². The molecule has 146 valence electrons. The monoisotopic (exact) mass is 378 g/mol. The zero-order valence-electron chi connectivity index (χ0n) is 15.4. The predicted molar refractivity (Wildman–Crippen MR) is 95.2 cm³/mol. The average Bonchev–Trinajstić information content (AvgIpc) is 2.91. The highest BCUT2D eigenvalue weighted by molar-refractivity contribution is 5.66. The van der Waals surface area contributed by atoms with Crippen molar-refractivity contribution in [2.75, 3.05) is 29.4 Å². The standard InChI is InChI=1S/C19H24F2N4O2/c1-10-5-7-25(10)18-22-16-12(4-6-19(16,20)21)17(23-18)24-8-13-11(14(13)9-24)2-3-15(26)27/h10-11,13-14H,2-9H2,1H3,(H,26,27)/t10-,11?,13-,14+/m0/s1. The molecule has 0 aromatic carbocycles. The van der Waals surface area contributed by atoms with E-state index in [9.17, 15) is 13.6 Å². The summed E-state index contributed by atoms with van der Waals surface area (Å²) in [6.07, 6.45) is 2.09. The molecule has 0 radical (unpaired) electrons. The van der Waals surface area contributed by atoms with Gasteiger partial charge in [-0.3, -0.25) is 4.79 Å². The van der Waals surface area contributed by atoms with Gasteiger partial charge in [0.2, 0.25) is 5.95 Å². The zero-order chi connectivity index (χ0) is 18.9. The Balaban J connectivity index is 1.40. The molecular formula is C19H24F2N4O2. The van der Waals surface area contributed by atoms with Gasteiger partial charge in [0, 0.05) is 44.1 Å². The first kappa shape index (κ1) is 17.1. The van der Waals surface area contributed by atoms with Gasteiger partial charge in [-0.15, -0.1) is 0 Å². The van der Waals surface area contributed by atoms with Crippen molar-refractivity contribution in [3.63, 3.8) is 0 Å². The number of fused-ring (bicyclic) bond motifs is 2. The Morgan fingerprint density at radius 2 is 2.04 bits per heavy atom. The number of carboxylic acid groups (broad SMARTS) is 1. The summed E-state index contributed by atoms with van der Waals surface area (Å²) in [7, 11) is 0. The molecule has 0 bridgehead atoms. The van der Waals surface area contributed by atoms with E-state index in [1.807, 2.05) is 4.90 Å². The van der Waals surface area contributed by atoms with Gasteiger partial charge >= 0.3 is 5.97 Å². The number of aliphatic carboxylic acids is 1. The molecule has 27 heavy (non-hydrogen) atoms. The lowest BCUT2D eigenvalue weighted by molar-refractivity contribution is -0.137. The van der Waals surface area contributed by atoms with Crippen molar-refractivity contribution in [2.45, 2.75) is 51.0 Å². The molecule has 4 atom stereocenters. The number of rotatable bonds is 5. The minimum absolute atomic E-state index is 0.0791. The number of carbonyl (C=O) groups is 1. The van der Waals surface area contributed by atoms with Gasteiger partial charge in [0.25, 0.3) is 5.92 Å². The molecule has 5 rings (SSSR count). The quantitative estimate of drug-likeness (QED) is 0.850. The number of nitrogens with zero attached hydrogens (tertiary/aromatic N) is 4. The maximum Gasteiger partial charge on any atom is 0.303 e. The number of carboxylic acids is 1. The second kappa shape index (κ2) is 5.75. The molecule has 2 saturated heterocycles. The molecule has 0 spiro atoms. The minimum atomic E-state index is -2.87. The largest absolute Gasteiger partial charge is 0.481 e. The lowest BCUT2D eigenvalue weighted by atomic mass is 10.1. The number of alkyl halides is 2. The van der Waals surface area contributed by atoms with Crippen LogP contribution in [0.3, 0.4) is 0 Å². The van der Waals surface area contributed by atoms with Crippen molar-refractivity contribution in [3.8, 4) is 0 Å². The van der Waals surface area contributed by atoms with E-state index in [1.54, 1.807) is 0 Å². The van der Waals surface area contributed by atoms with Gasteiger partial charge in [-0.05, 0) is 43.9 Å². The van der Waals surface area contributed by atoms with Gasteiger partial charge < -0.3 is 14.9 Å². The Morgan fingerprint density at radius 3 is 2.63 bits per heavy atom. The molecule has 6 nitrogen and oxygen atoms in total. The zero-order valence-corrected chi connectivity index (χ0v) is 15.4. The molecule has 1 aromatic heterocycles. The van der Waals surface area contributed by atoms with Gasteiger partial charge in [-0.1, -0.05) is 0 Å². The van der Waals surface area contributed by atoms with E-state index >= 15 is 0 Å². The summed E-state index contributed by atoms with van der Waals surface area (Å²) in [4.78, 5) is 23.9. The van der Waals surface area contributed by atoms with Crippen molar-refractivity contribution in [2.24, 2.45) is 17.8 Å². The first-order valence-electron chi connectivity index (χ1n) is 9.88. The van der Waals surface area contributed by atoms with Crippen LogP contribution in [0.1, 0.15) is 43.9 Å². The van der Waals surface area contributed by atoms with Crippen molar-refractivity contribution in [1.29, 1.82) is 0 Å². The molecule has 1 N–H and O–H groups in total. The molecular weight excluding hydrogens is 354 g/mol. The van der Waals surface area contributed by atoms with E-state index in [0.29, 0.717) is 47.5 Å². The fourth-order valence-corrected chi connectivity index (χ4v) is 5.14. The van der Waals surface area contributed by atoms with Crippen molar-refractivity contribution < 1.29 is 18.7 Å². The number of piperidine rings is 1. The molecule has 1 unspecified atom stereocenters. The molecule has 1 aromatic rings. The first-order valence-corrected chi connectivity index (χ1v) is 9.88. The number of halogens is 2. The normalized spacial score (nSPS) is 32.9. The molecule has 8 heteroatoms. The van der Waals surface area contributed by atoms with Crippen LogP contribution >= 0.6 is 0 Å². The molecule has 4 aliphatic rings. The number of aromatic nitrogens is 2. The topological polar surface area (TPSA) is 69.6 Å². The Kier molecular flexibility index (Phi) is 3.65. The highest BCUT2D eigenvalue weighted by Gasteiger charge is 2.56. The van der Waals surface area contributed by atoms with Crippen LogP contribution in [0, 0.1) is 17.8 Å². The lowest BCUT2D eigenvalue weighted by Crippen LogP contribution is -2.47. The van der Waals surface area contributed by atoms with Crippen LogP contribution < -0.4 is 9.80 Å². The third kappa shape index (κ3) is 2.67. The van der Waals surface area contributed by atoms with E-state index in [4.69, 9.17) is 10.1 Å². The van der Waals surface area contributed by atoms with E-state index in [0.717, 1.165) is 32.5 Å². The molecule has 2 aliphatic heterocycles. The van der Waals surface area contributed by atoms with E-state index < -0.39 is 11.9 Å².